The average Bonchev–Trinajstić information content (AvgIpc) is 3.64. The Labute approximate surface area is 536 Å². The number of unbranched alkanes of at least 4 members (excludes halogenated alkanes) is 34. The molecule has 0 aliphatic carbocycles. The van der Waals surface area contributed by atoms with E-state index in [1.165, 1.54) is 186 Å². The molecular weight excluding hydrogens is 1100 g/mol. The van der Waals surface area contributed by atoms with E-state index >= 15 is 0 Å². The van der Waals surface area contributed by atoms with E-state index in [1.54, 1.807) is 0 Å². The zero-order valence-corrected chi connectivity index (χ0v) is 57.1. The Bertz CT molecular complexity index is 1840. The molecule has 2 unspecified atom stereocenters. The molecule has 0 bridgehead atoms. The lowest BCUT2D eigenvalue weighted by atomic mass is 10.0. The first kappa shape index (κ1) is 83.4. The molecule has 0 aromatic rings. The van der Waals surface area contributed by atoms with Gasteiger partial charge in [-0.1, -0.05) is 328 Å². The molecule has 0 aliphatic heterocycles. The Morgan fingerprint density at radius 3 is 0.885 bits per heavy atom. The summed E-state index contributed by atoms with van der Waals surface area (Å²) >= 11 is 0. The van der Waals surface area contributed by atoms with Gasteiger partial charge in [0.05, 0.1) is 13.2 Å². The molecule has 0 aromatic carbocycles. The highest BCUT2D eigenvalue weighted by molar-refractivity contribution is 7.47. The second kappa shape index (κ2) is 71.5. The van der Waals surface area contributed by atoms with E-state index in [9.17, 15) is 19.0 Å². The number of hydrogen-bond acceptors (Lipinski definition) is 8. The van der Waals surface area contributed by atoms with Crippen molar-refractivity contribution in [2.45, 2.75) is 328 Å². The van der Waals surface area contributed by atoms with Crippen LogP contribution in [0, 0.1) is 0 Å². The van der Waals surface area contributed by atoms with E-state index in [0.29, 0.717) is 6.42 Å². The van der Waals surface area contributed by atoms with Crippen molar-refractivity contribution in [1.82, 2.24) is 0 Å². The number of carbonyl (C=O) groups is 2. The van der Waals surface area contributed by atoms with Gasteiger partial charge in [-0.05, 0) is 103 Å². The minimum Gasteiger partial charge on any atom is -0.462 e. The quantitative estimate of drug-likeness (QED) is 0.0264. The van der Waals surface area contributed by atoms with Crippen molar-refractivity contribution in [1.29, 1.82) is 0 Å². The predicted octanol–water partition coefficient (Wildman–Crippen LogP) is 23.9. The number of phosphoric ester groups is 1. The number of hydrogen-bond donors (Lipinski definition) is 2. The second-order valence-corrected chi connectivity index (χ2v) is 25.1. The molecule has 500 valence electrons. The van der Waals surface area contributed by atoms with Crippen molar-refractivity contribution >= 4 is 19.8 Å². The molecule has 0 radical (unpaired) electrons. The Hall–Kier alpha value is -3.59. The number of esters is 2. The van der Waals surface area contributed by atoms with Crippen LogP contribution < -0.4 is 5.73 Å². The summed E-state index contributed by atoms with van der Waals surface area (Å²) in [6.45, 7) is 3.55. The van der Waals surface area contributed by atoms with Crippen molar-refractivity contribution in [3.05, 3.63) is 122 Å². The summed E-state index contributed by atoms with van der Waals surface area (Å²) in [5, 5.41) is 0. The highest BCUT2D eigenvalue weighted by Crippen LogP contribution is 2.43. The Morgan fingerprint density at radius 1 is 0.345 bits per heavy atom. The third-order valence-electron chi connectivity index (χ3n) is 15.3. The lowest BCUT2D eigenvalue weighted by Gasteiger charge is -2.19. The number of ether oxygens (including phenoxy) is 2. The molecular formula is C77H134NO8P. The number of allylic oxidation sites excluding steroid dienone is 20. The van der Waals surface area contributed by atoms with E-state index < -0.39 is 26.5 Å². The first-order valence-corrected chi connectivity index (χ1v) is 37.5. The monoisotopic (exact) mass is 1230 g/mol. The van der Waals surface area contributed by atoms with Gasteiger partial charge in [0.2, 0.25) is 0 Å². The minimum atomic E-state index is -4.40. The maximum atomic E-state index is 12.8. The summed E-state index contributed by atoms with van der Waals surface area (Å²) in [5.41, 5.74) is 5.41. The molecule has 0 aliphatic rings. The fourth-order valence-electron chi connectivity index (χ4n) is 10.1. The molecule has 3 N–H and O–H groups in total. The Kier molecular flexibility index (Phi) is 68.5. The van der Waals surface area contributed by atoms with Crippen LogP contribution in [0.4, 0.5) is 0 Å². The first-order valence-electron chi connectivity index (χ1n) is 36.0. The predicted molar refractivity (Wildman–Crippen MR) is 376 cm³/mol. The van der Waals surface area contributed by atoms with Crippen LogP contribution in [-0.2, 0) is 32.7 Å². The summed E-state index contributed by atoms with van der Waals surface area (Å²) in [7, 11) is -4.40. The van der Waals surface area contributed by atoms with Crippen LogP contribution in [0.1, 0.15) is 322 Å². The van der Waals surface area contributed by atoms with Gasteiger partial charge in [-0.2, -0.15) is 0 Å². The fraction of sp³-hybridized carbons (Fsp3) is 0.714. The van der Waals surface area contributed by atoms with E-state index in [2.05, 4.69) is 135 Å². The maximum Gasteiger partial charge on any atom is 0.472 e. The van der Waals surface area contributed by atoms with Crippen LogP contribution in [0.15, 0.2) is 122 Å². The van der Waals surface area contributed by atoms with Crippen LogP contribution >= 0.6 is 7.82 Å². The minimum absolute atomic E-state index is 0.0509. The van der Waals surface area contributed by atoms with Gasteiger partial charge in [0.1, 0.15) is 6.61 Å². The van der Waals surface area contributed by atoms with Crippen molar-refractivity contribution in [2.75, 3.05) is 26.4 Å². The largest absolute Gasteiger partial charge is 0.472 e. The van der Waals surface area contributed by atoms with Crippen LogP contribution in [-0.4, -0.2) is 49.3 Å². The Balaban J connectivity index is 3.85. The van der Waals surface area contributed by atoms with E-state index in [1.807, 2.05) is 0 Å². The third kappa shape index (κ3) is 71.4. The highest BCUT2D eigenvalue weighted by Gasteiger charge is 2.26. The zero-order valence-electron chi connectivity index (χ0n) is 56.2. The first-order chi connectivity index (χ1) is 42.8. The van der Waals surface area contributed by atoms with E-state index in [0.717, 1.165) is 103 Å². The van der Waals surface area contributed by atoms with Crippen molar-refractivity contribution in [3.63, 3.8) is 0 Å². The topological polar surface area (TPSA) is 134 Å². The molecule has 0 rings (SSSR count). The molecule has 0 heterocycles. The highest BCUT2D eigenvalue weighted by atomic mass is 31.2. The lowest BCUT2D eigenvalue weighted by molar-refractivity contribution is -0.161. The van der Waals surface area contributed by atoms with Crippen LogP contribution in [0.25, 0.3) is 0 Å². The summed E-state index contributed by atoms with van der Waals surface area (Å²) < 4.78 is 33.2. The average molecular weight is 1230 g/mol. The second-order valence-electron chi connectivity index (χ2n) is 23.7. The molecule has 0 saturated carbocycles. The van der Waals surface area contributed by atoms with Gasteiger partial charge in [0.15, 0.2) is 6.10 Å². The van der Waals surface area contributed by atoms with Gasteiger partial charge in [0.25, 0.3) is 0 Å². The molecule has 10 heteroatoms. The van der Waals surface area contributed by atoms with Crippen LogP contribution in [0.5, 0.6) is 0 Å². The zero-order chi connectivity index (χ0) is 63.0. The van der Waals surface area contributed by atoms with E-state index in [4.69, 9.17) is 24.3 Å². The molecule has 0 saturated heterocycles. The Morgan fingerprint density at radius 2 is 0.598 bits per heavy atom. The SMILES string of the molecule is CC/C=C\C/C=C\C/C=C\C/C=C\C/C=C\CCCCCCCCCCCCCCCCCCCCCC(=O)OC(COC(=O)CCCCCCCCCCCCCCCCC/C=C\C/C=C\C/C=C\C/C=C\C/C=C\CC)COP(=O)(O)OCCN. The normalized spacial score (nSPS) is 13.7. The molecule has 0 spiro atoms. The molecule has 87 heavy (non-hydrogen) atoms. The smallest absolute Gasteiger partial charge is 0.462 e. The van der Waals surface area contributed by atoms with Gasteiger partial charge in [-0.25, -0.2) is 4.57 Å². The molecule has 9 nitrogen and oxygen atoms in total. The molecule has 0 aromatic heterocycles. The summed E-state index contributed by atoms with van der Waals surface area (Å²) in [4.78, 5) is 35.4. The molecule has 0 amide bonds. The summed E-state index contributed by atoms with van der Waals surface area (Å²) in [6.07, 6.45) is 100. The maximum absolute atomic E-state index is 12.8. The number of nitrogens with two attached hydrogens (primary N) is 1. The van der Waals surface area contributed by atoms with Gasteiger partial charge in [0, 0.05) is 19.4 Å². The third-order valence-corrected chi connectivity index (χ3v) is 16.3. The summed E-state index contributed by atoms with van der Waals surface area (Å²) in [5.74, 6) is -0.819. The molecule has 2 atom stereocenters. The van der Waals surface area contributed by atoms with Crippen molar-refractivity contribution < 1.29 is 37.6 Å². The number of phosphoric acid groups is 1. The van der Waals surface area contributed by atoms with Crippen molar-refractivity contribution in [2.24, 2.45) is 5.73 Å². The lowest BCUT2D eigenvalue weighted by Crippen LogP contribution is -2.29. The van der Waals surface area contributed by atoms with Gasteiger partial charge in [-0.3, -0.25) is 18.6 Å². The molecule has 0 fully saturated rings. The number of rotatable bonds is 67. The van der Waals surface area contributed by atoms with Gasteiger partial charge < -0.3 is 20.1 Å². The summed E-state index contributed by atoms with van der Waals surface area (Å²) in [6, 6.07) is 0. The fourth-order valence-corrected chi connectivity index (χ4v) is 10.9. The van der Waals surface area contributed by atoms with Crippen LogP contribution in [0.2, 0.25) is 0 Å². The van der Waals surface area contributed by atoms with Crippen LogP contribution in [0.3, 0.4) is 0 Å². The van der Waals surface area contributed by atoms with Gasteiger partial charge >= 0.3 is 19.8 Å². The standard InChI is InChI=1S/C77H134NO8P/c1-3-5-7-9-11-13-15-17-19-21-23-25-27-29-31-33-35-36-37-38-40-42-44-46-48-50-52-54-56-58-60-62-64-66-68-70-77(80)86-75(74-85-87(81,82)84-72-71-78)73-83-76(79)69-67-65-63-61-59-57-55-53-51-49-47-45-43-41-39-34-32-30-28-26-24-22-20-18-16-14-12-10-8-6-4-2/h5-8,11-14,17-20,23-26,29-32,75H,3-4,9-10,15-16,21-22,27-28,33-74,78H2,1-2H3,(H,81,82)/b7-5-,8-6-,13-11-,14-12-,19-17-,20-18-,25-23-,26-24-,31-29-,32-30-. The van der Waals surface area contributed by atoms with E-state index in [-0.39, 0.29) is 38.6 Å². The van der Waals surface area contributed by atoms with Gasteiger partial charge in [-0.15, -0.1) is 0 Å². The number of carbonyl (C=O) groups excluding carboxylic acids is 2. The van der Waals surface area contributed by atoms with Crippen molar-refractivity contribution in [3.8, 4) is 0 Å².